The summed E-state index contributed by atoms with van der Waals surface area (Å²) in [5.74, 6) is 0.233. The predicted molar refractivity (Wildman–Crippen MR) is 92.9 cm³/mol. The van der Waals surface area contributed by atoms with Gasteiger partial charge in [-0.15, -0.1) is 0 Å². The average molecular weight is 333 g/mol. The third-order valence-electron chi connectivity index (χ3n) is 3.64. The monoisotopic (exact) mass is 333 g/mol. The van der Waals surface area contributed by atoms with Gasteiger partial charge in [0.2, 0.25) is 11.0 Å². The summed E-state index contributed by atoms with van der Waals surface area (Å²) in [4.78, 5) is 18.2. The number of thioether (sulfide) groups is 1. The van der Waals surface area contributed by atoms with E-state index < -0.39 is 0 Å². The summed E-state index contributed by atoms with van der Waals surface area (Å²) in [5, 5.41) is 10.2. The van der Waals surface area contributed by atoms with Gasteiger partial charge in [0.1, 0.15) is 22.2 Å². The Hall–Kier alpha value is -3.04. The first-order valence-electron chi connectivity index (χ1n) is 7.30. The van der Waals surface area contributed by atoms with E-state index in [1.54, 1.807) is 6.07 Å². The molecule has 1 aliphatic heterocycles. The number of benzene rings is 2. The summed E-state index contributed by atoms with van der Waals surface area (Å²) in [6, 6.07) is 19.0. The number of oxazole rings is 1. The maximum absolute atomic E-state index is 12.0. The van der Waals surface area contributed by atoms with Gasteiger partial charge < -0.3 is 9.32 Å². The van der Waals surface area contributed by atoms with Crippen molar-refractivity contribution in [1.82, 2.24) is 4.98 Å². The number of nitrogens with zero attached hydrogens (tertiary/aromatic N) is 3. The normalized spacial score (nSPS) is 16.5. The lowest BCUT2D eigenvalue weighted by Crippen LogP contribution is -2.19. The molecule has 1 aliphatic rings. The number of hydrogen-bond acceptors (Lipinski definition) is 6. The molecule has 0 radical (unpaired) electrons. The molecule has 6 heteroatoms. The van der Waals surface area contributed by atoms with Gasteiger partial charge in [0, 0.05) is 5.69 Å². The second-order valence-corrected chi connectivity index (χ2v) is 6.22. The molecular formula is C18H11N3O2S. The predicted octanol–water partition coefficient (Wildman–Crippen LogP) is 3.80. The van der Waals surface area contributed by atoms with Crippen LogP contribution in [0.2, 0.25) is 0 Å². The first kappa shape index (κ1) is 14.5. The highest BCUT2D eigenvalue weighted by Gasteiger charge is 2.31. The van der Waals surface area contributed by atoms with Gasteiger partial charge in [0.25, 0.3) is 0 Å². The summed E-state index contributed by atoms with van der Waals surface area (Å²) < 4.78 is 5.71. The highest BCUT2D eigenvalue weighted by Crippen LogP contribution is 2.39. The highest BCUT2D eigenvalue weighted by molar-refractivity contribution is 8.17. The third-order valence-corrected chi connectivity index (χ3v) is 4.62. The van der Waals surface area contributed by atoms with Crippen molar-refractivity contribution in [2.24, 2.45) is 0 Å². The Labute approximate surface area is 142 Å². The number of nitriles is 1. The van der Waals surface area contributed by atoms with Crippen LogP contribution in [0.15, 0.2) is 64.0 Å². The molecule has 1 saturated heterocycles. The molecule has 116 valence electrons. The molecule has 5 nitrogen and oxygen atoms in total. The van der Waals surface area contributed by atoms with Gasteiger partial charge in [-0.1, -0.05) is 30.3 Å². The number of hydrogen-bond donors (Lipinski definition) is 0. The van der Waals surface area contributed by atoms with Gasteiger partial charge in [-0.3, -0.25) is 4.79 Å². The van der Waals surface area contributed by atoms with E-state index in [0.717, 1.165) is 17.4 Å². The molecule has 2 aromatic carbocycles. The Morgan fingerprint density at radius 2 is 1.92 bits per heavy atom. The molecule has 24 heavy (non-hydrogen) atoms. The molecule has 0 aliphatic carbocycles. The Kier molecular flexibility index (Phi) is 3.56. The van der Waals surface area contributed by atoms with Crippen LogP contribution in [0, 0.1) is 11.3 Å². The molecule has 2 heterocycles. The third kappa shape index (κ3) is 2.45. The van der Waals surface area contributed by atoms with E-state index in [0.29, 0.717) is 16.1 Å². The van der Waals surface area contributed by atoms with Crippen molar-refractivity contribution in [2.75, 3.05) is 11.4 Å². The molecule has 1 aromatic heterocycles. The largest absolute Gasteiger partial charge is 0.435 e. The number of carbonyl (C=O) groups excluding carboxylic acids is 1. The minimum absolute atomic E-state index is 0.0160. The Bertz CT molecular complexity index is 969. The first-order chi connectivity index (χ1) is 11.8. The van der Waals surface area contributed by atoms with Crippen molar-refractivity contribution in [3.8, 4) is 6.07 Å². The summed E-state index contributed by atoms with van der Waals surface area (Å²) in [6.07, 6.45) is 0. The zero-order valence-electron chi connectivity index (χ0n) is 12.5. The topological polar surface area (TPSA) is 70.1 Å². The van der Waals surface area contributed by atoms with Gasteiger partial charge in [0.05, 0.1) is 6.54 Å². The van der Waals surface area contributed by atoms with Gasteiger partial charge in [0.15, 0.2) is 5.58 Å². The fourth-order valence-electron chi connectivity index (χ4n) is 2.56. The Morgan fingerprint density at radius 3 is 2.67 bits per heavy atom. The molecule has 0 N–H and O–H groups in total. The lowest BCUT2D eigenvalue weighted by molar-refractivity contribution is -0.109. The molecule has 3 aromatic rings. The van der Waals surface area contributed by atoms with Gasteiger partial charge in [-0.2, -0.15) is 5.26 Å². The number of carbonyl (C=O) groups is 1. The van der Waals surface area contributed by atoms with E-state index in [1.165, 1.54) is 0 Å². The minimum Gasteiger partial charge on any atom is -0.435 e. The quantitative estimate of drug-likeness (QED) is 0.664. The average Bonchev–Trinajstić information content (AvgIpc) is 3.20. The number of allylic oxidation sites excluding steroid dienone is 1. The fourth-order valence-corrected chi connectivity index (χ4v) is 3.49. The van der Waals surface area contributed by atoms with Crippen molar-refractivity contribution >= 4 is 39.2 Å². The van der Waals surface area contributed by atoms with Gasteiger partial charge in [-0.25, -0.2) is 4.98 Å². The molecule has 1 fully saturated rings. The Morgan fingerprint density at radius 1 is 1.17 bits per heavy atom. The van der Waals surface area contributed by atoms with E-state index in [2.05, 4.69) is 11.1 Å². The zero-order valence-corrected chi connectivity index (χ0v) is 13.3. The van der Waals surface area contributed by atoms with Gasteiger partial charge >= 0.3 is 0 Å². The van der Waals surface area contributed by atoms with Crippen molar-refractivity contribution in [3.63, 3.8) is 0 Å². The molecule has 0 saturated carbocycles. The molecule has 0 unspecified atom stereocenters. The van der Waals surface area contributed by atoms with Crippen molar-refractivity contribution in [1.29, 1.82) is 5.26 Å². The molecular weight excluding hydrogens is 322 g/mol. The summed E-state index contributed by atoms with van der Waals surface area (Å²) in [7, 11) is 0. The van der Waals surface area contributed by atoms with E-state index >= 15 is 0 Å². The molecule has 4 rings (SSSR count). The maximum atomic E-state index is 12.0. The lowest BCUT2D eigenvalue weighted by atomic mass is 10.2. The van der Waals surface area contributed by atoms with Crippen LogP contribution in [0.3, 0.4) is 0 Å². The van der Waals surface area contributed by atoms with Crippen LogP contribution in [0.5, 0.6) is 0 Å². The van der Waals surface area contributed by atoms with E-state index in [4.69, 9.17) is 4.42 Å². The van der Waals surface area contributed by atoms with Crippen molar-refractivity contribution in [2.45, 2.75) is 0 Å². The van der Waals surface area contributed by atoms with Crippen LogP contribution >= 0.6 is 11.8 Å². The van der Waals surface area contributed by atoms with Crippen LogP contribution < -0.4 is 4.90 Å². The number of para-hydroxylation sites is 3. The number of rotatable bonds is 2. The minimum atomic E-state index is -0.0160. The molecule has 0 bridgehead atoms. The van der Waals surface area contributed by atoms with Crippen molar-refractivity contribution < 1.29 is 9.21 Å². The summed E-state index contributed by atoms with van der Waals surface area (Å²) in [6.45, 7) is 0.218. The van der Waals surface area contributed by atoms with Crippen LogP contribution in [0.4, 0.5) is 5.69 Å². The van der Waals surface area contributed by atoms with Crippen LogP contribution in [-0.2, 0) is 4.79 Å². The molecule has 0 atom stereocenters. The summed E-state index contributed by atoms with van der Waals surface area (Å²) >= 11 is 1.05. The second kappa shape index (κ2) is 5.87. The number of anilines is 1. The lowest BCUT2D eigenvalue weighted by Gasteiger charge is -2.18. The van der Waals surface area contributed by atoms with Crippen LogP contribution in [0.1, 0.15) is 5.89 Å². The summed E-state index contributed by atoms with van der Waals surface area (Å²) in [5.41, 5.74) is 2.42. The van der Waals surface area contributed by atoms with E-state index in [-0.39, 0.29) is 23.1 Å². The fraction of sp³-hybridized carbons (Fsp3) is 0.0556. The maximum Gasteiger partial charge on any atom is 0.240 e. The number of fused-ring (bicyclic) bond motifs is 1. The molecule has 0 amide bonds. The standard InChI is InChI=1S/C18H11N3O2S/c19-10-13(17-20-14-8-4-5-9-15(14)23-17)18-21(11-16(22)24-18)12-6-2-1-3-7-12/h1-9H,11H2/b18-13+. The highest BCUT2D eigenvalue weighted by atomic mass is 32.2. The number of aromatic nitrogens is 1. The van der Waals surface area contributed by atoms with Gasteiger partial charge in [-0.05, 0) is 36.0 Å². The Balaban J connectivity index is 1.87. The molecule has 0 spiro atoms. The zero-order chi connectivity index (χ0) is 16.5. The SMILES string of the molecule is N#C/C(=C1\SC(=O)CN1c1ccccc1)c1nc2ccccc2o1. The van der Waals surface area contributed by atoms with E-state index in [1.807, 2.05) is 53.4 Å². The second-order valence-electron chi connectivity index (χ2n) is 5.17. The smallest absolute Gasteiger partial charge is 0.240 e. The van der Waals surface area contributed by atoms with Crippen LogP contribution in [-0.4, -0.2) is 16.6 Å². The van der Waals surface area contributed by atoms with E-state index in [9.17, 15) is 10.1 Å². The first-order valence-corrected chi connectivity index (χ1v) is 8.11. The van der Waals surface area contributed by atoms with Crippen LogP contribution in [0.25, 0.3) is 16.7 Å². The van der Waals surface area contributed by atoms with Crippen molar-refractivity contribution in [3.05, 3.63) is 65.5 Å².